The second-order valence-electron chi connectivity index (χ2n) is 5.45. The van der Waals surface area contributed by atoms with E-state index in [1.807, 2.05) is 18.2 Å². The van der Waals surface area contributed by atoms with Gasteiger partial charge in [0.2, 0.25) is 5.91 Å². The first-order chi connectivity index (χ1) is 10.6. The fourth-order valence-electron chi connectivity index (χ4n) is 2.39. The summed E-state index contributed by atoms with van der Waals surface area (Å²) in [4.78, 5) is 23.3. The molecule has 2 amide bonds. The number of carbonyl (C=O) groups is 2. The van der Waals surface area contributed by atoms with Gasteiger partial charge in [-0.15, -0.1) is 0 Å². The predicted molar refractivity (Wildman–Crippen MR) is 81.4 cm³/mol. The van der Waals surface area contributed by atoms with Gasteiger partial charge in [0.25, 0.3) is 5.91 Å². The largest absolute Gasteiger partial charge is 0.484 e. The highest BCUT2D eigenvalue weighted by Gasteiger charge is 2.20. The molecule has 1 aromatic rings. The molecule has 1 aliphatic rings. The Balaban J connectivity index is 1.60. The van der Waals surface area contributed by atoms with E-state index in [4.69, 9.17) is 4.74 Å². The molecule has 0 saturated heterocycles. The summed E-state index contributed by atoms with van der Waals surface area (Å²) in [5.74, 6) is 0.0652. The molecular weight excluding hydrogens is 284 g/mol. The maximum Gasteiger partial charge on any atom is 0.258 e. The first kappa shape index (κ1) is 16.3. The first-order valence-electron chi connectivity index (χ1n) is 7.55. The van der Waals surface area contributed by atoms with Gasteiger partial charge in [-0.1, -0.05) is 18.2 Å². The van der Waals surface area contributed by atoms with Crippen molar-refractivity contribution in [2.24, 2.45) is 0 Å². The zero-order chi connectivity index (χ0) is 15.8. The van der Waals surface area contributed by atoms with Gasteiger partial charge in [-0.2, -0.15) is 0 Å². The van der Waals surface area contributed by atoms with Gasteiger partial charge >= 0.3 is 0 Å². The molecule has 1 fully saturated rings. The van der Waals surface area contributed by atoms with Crippen molar-refractivity contribution in [3.05, 3.63) is 30.3 Å². The smallest absolute Gasteiger partial charge is 0.258 e. The molecule has 3 N–H and O–H groups in total. The van der Waals surface area contributed by atoms with E-state index >= 15 is 0 Å². The van der Waals surface area contributed by atoms with Gasteiger partial charge in [0.1, 0.15) is 5.75 Å². The summed E-state index contributed by atoms with van der Waals surface area (Å²) in [5.41, 5.74) is 0. The molecule has 120 valence electrons. The second-order valence-corrected chi connectivity index (χ2v) is 5.45. The average molecular weight is 306 g/mol. The quantitative estimate of drug-likeness (QED) is 0.718. The molecule has 0 aliphatic heterocycles. The third-order valence-corrected chi connectivity index (χ3v) is 3.62. The summed E-state index contributed by atoms with van der Waals surface area (Å²) >= 11 is 0. The lowest BCUT2D eigenvalue weighted by molar-refractivity contribution is -0.127. The highest BCUT2D eigenvalue weighted by atomic mass is 16.5. The Morgan fingerprint density at radius 2 is 1.77 bits per heavy atom. The van der Waals surface area contributed by atoms with Crippen LogP contribution in [0.3, 0.4) is 0 Å². The number of hydrogen-bond acceptors (Lipinski definition) is 4. The lowest BCUT2D eigenvalue weighted by Crippen LogP contribution is -2.44. The van der Waals surface area contributed by atoms with Crippen molar-refractivity contribution in [2.45, 2.75) is 37.8 Å². The first-order valence-corrected chi connectivity index (χ1v) is 7.55. The van der Waals surface area contributed by atoms with E-state index in [0.29, 0.717) is 18.6 Å². The average Bonchev–Trinajstić information content (AvgIpc) is 2.54. The standard InChI is InChI=1S/C16H22N2O4/c19-13-8-6-12(7-9-13)18-15(20)10-17-16(21)11-22-14-4-2-1-3-5-14/h1-5,12-13,19H,6-11H2,(H,17,21)(H,18,20). The van der Waals surface area contributed by atoms with Crippen LogP contribution in [0.1, 0.15) is 25.7 Å². The fourth-order valence-corrected chi connectivity index (χ4v) is 2.39. The van der Waals surface area contributed by atoms with Crippen LogP contribution in [0.25, 0.3) is 0 Å². The number of amides is 2. The molecule has 6 nitrogen and oxygen atoms in total. The van der Waals surface area contributed by atoms with Crippen LogP contribution in [0.4, 0.5) is 0 Å². The van der Waals surface area contributed by atoms with E-state index < -0.39 is 0 Å². The molecule has 1 saturated carbocycles. The van der Waals surface area contributed by atoms with Crippen molar-refractivity contribution in [1.82, 2.24) is 10.6 Å². The van der Waals surface area contributed by atoms with Crippen LogP contribution in [0.5, 0.6) is 5.75 Å². The Morgan fingerprint density at radius 3 is 2.45 bits per heavy atom. The van der Waals surface area contributed by atoms with Gasteiger partial charge in [-0.25, -0.2) is 0 Å². The Kier molecular flexibility index (Phi) is 6.21. The van der Waals surface area contributed by atoms with Crippen molar-refractivity contribution >= 4 is 11.8 Å². The summed E-state index contributed by atoms with van der Waals surface area (Å²) in [6.45, 7) is -0.178. The van der Waals surface area contributed by atoms with Crippen LogP contribution in [-0.2, 0) is 9.59 Å². The van der Waals surface area contributed by atoms with Crippen LogP contribution >= 0.6 is 0 Å². The van der Waals surface area contributed by atoms with E-state index in [0.717, 1.165) is 12.8 Å². The number of para-hydroxylation sites is 1. The Labute approximate surface area is 129 Å². The monoisotopic (exact) mass is 306 g/mol. The minimum Gasteiger partial charge on any atom is -0.484 e. The molecule has 0 unspecified atom stereocenters. The van der Waals surface area contributed by atoms with Gasteiger partial charge < -0.3 is 20.5 Å². The number of nitrogens with one attached hydrogen (secondary N) is 2. The van der Waals surface area contributed by atoms with Gasteiger partial charge in [0, 0.05) is 6.04 Å². The van der Waals surface area contributed by atoms with E-state index in [2.05, 4.69) is 10.6 Å². The molecule has 1 aliphatic carbocycles. The Hall–Kier alpha value is -2.08. The minimum absolute atomic E-state index is 0.0595. The van der Waals surface area contributed by atoms with Crippen LogP contribution in [0, 0.1) is 0 Å². The molecule has 22 heavy (non-hydrogen) atoms. The lowest BCUT2D eigenvalue weighted by Gasteiger charge is -2.26. The van der Waals surface area contributed by atoms with Crippen LogP contribution in [-0.4, -0.2) is 42.2 Å². The van der Waals surface area contributed by atoms with Crippen molar-refractivity contribution in [2.75, 3.05) is 13.2 Å². The van der Waals surface area contributed by atoms with Crippen molar-refractivity contribution in [3.8, 4) is 5.75 Å². The number of aliphatic hydroxyl groups excluding tert-OH is 1. The van der Waals surface area contributed by atoms with E-state index in [-0.39, 0.29) is 37.1 Å². The zero-order valence-electron chi connectivity index (χ0n) is 12.5. The van der Waals surface area contributed by atoms with Gasteiger partial charge in [-0.05, 0) is 37.8 Å². The molecule has 0 aromatic heterocycles. The molecule has 1 aromatic carbocycles. The Bertz CT molecular complexity index is 484. The Morgan fingerprint density at radius 1 is 1.09 bits per heavy atom. The van der Waals surface area contributed by atoms with Crippen LogP contribution in [0.2, 0.25) is 0 Å². The zero-order valence-corrected chi connectivity index (χ0v) is 12.5. The normalized spacial score (nSPS) is 21.0. The summed E-state index contributed by atoms with van der Waals surface area (Å²) in [5, 5.41) is 14.8. The van der Waals surface area contributed by atoms with Crippen molar-refractivity contribution in [3.63, 3.8) is 0 Å². The number of rotatable bonds is 6. The summed E-state index contributed by atoms with van der Waals surface area (Å²) in [6.07, 6.45) is 2.73. The van der Waals surface area contributed by atoms with Crippen LogP contribution in [0.15, 0.2) is 30.3 Å². The maximum absolute atomic E-state index is 11.7. The lowest BCUT2D eigenvalue weighted by atomic mass is 9.93. The molecule has 6 heteroatoms. The topological polar surface area (TPSA) is 87.7 Å². The summed E-state index contributed by atoms with van der Waals surface area (Å²) < 4.78 is 5.29. The van der Waals surface area contributed by atoms with Gasteiger partial charge in [0.05, 0.1) is 12.6 Å². The van der Waals surface area contributed by atoms with E-state index in [9.17, 15) is 14.7 Å². The minimum atomic E-state index is -0.335. The van der Waals surface area contributed by atoms with Crippen molar-refractivity contribution < 1.29 is 19.4 Å². The molecule has 2 rings (SSSR count). The predicted octanol–water partition coefficient (Wildman–Crippen LogP) is 0.601. The summed E-state index contributed by atoms with van der Waals surface area (Å²) in [7, 11) is 0. The molecular formula is C16H22N2O4. The number of aliphatic hydroxyl groups is 1. The van der Waals surface area contributed by atoms with Gasteiger partial charge in [0.15, 0.2) is 6.61 Å². The van der Waals surface area contributed by atoms with E-state index in [1.165, 1.54) is 0 Å². The summed E-state index contributed by atoms with van der Waals surface area (Å²) in [6, 6.07) is 9.12. The molecule has 0 bridgehead atoms. The number of hydrogen-bond donors (Lipinski definition) is 3. The van der Waals surface area contributed by atoms with Gasteiger partial charge in [-0.3, -0.25) is 9.59 Å². The van der Waals surface area contributed by atoms with E-state index in [1.54, 1.807) is 12.1 Å². The fraction of sp³-hybridized carbons (Fsp3) is 0.500. The number of carbonyl (C=O) groups excluding carboxylic acids is 2. The third-order valence-electron chi connectivity index (χ3n) is 3.62. The highest BCUT2D eigenvalue weighted by Crippen LogP contribution is 2.17. The molecule has 0 radical (unpaired) electrons. The highest BCUT2D eigenvalue weighted by molar-refractivity contribution is 5.85. The molecule has 0 spiro atoms. The second kappa shape index (κ2) is 8.38. The molecule has 0 atom stereocenters. The molecule has 0 heterocycles. The van der Waals surface area contributed by atoms with Crippen LogP contribution < -0.4 is 15.4 Å². The SMILES string of the molecule is O=C(COc1ccccc1)NCC(=O)NC1CCC(O)CC1. The maximum atomic E-state index is 11.7. The van der Waals surface area contributed by atoms with Crippen molar-refractivity contribution in [1.29, 1.82) is 0 Å². The third kappa shape index (κ3) is 5.73. The number of benzene rings is 1. The number of ether oxygens (including phenoxy) is 1.